The van der Waals surface area contributed by atoms with Crippen LogP contribution >= 0.6 is 0 Å². The highest BCUT2D eigenvalue weighted by molar-refractivity contribution is 5.08. The van der Waals surface area contributed by atoms with Crippen LogP contribution < -0.4 is 5.32 Å². The third kappa shape index (κ3) is 1.98. The zero-order valence-electron chi connectivity index (χ0n) is 9.22. The van der Waals surface area contributed by atoms with E-state index in [-0.39, 0.29) is 0 Å². The topological polar surface area (TPSA) is 40.7 Å². The number of H-pyrrole nitrogens is 1. The highest BCUT2D eigenvalue weighted by atomic mass is 15.0. The summed E-state index contributed by atoms with van der Waals surface area (Å²) < 4.78 is 0. The molecule has 2 rings (SSSR count). The molecular weight excluding hydrogens is 174 g/mol. The summed E-state index contributed by atoms with van der Waals surface area (Å²) in [7, 11) is 0. The van der Waals surface area contributed by atoms with Crippen molar-refractivity contribution in [2.24, 2.45) is 11.3 Å². The van der Waals surface area contributed by atoms with Gasteiger partial charge >= 0.3 is 0 Å². The van der Waals surface area contributed by atoms with Crippen LogP contribution in [0.1, 0.15) is 31.7 Å². The van der Waals surface area contributed by atoms with Crippen molar-refractivity contribution >= 4 is 0 Å². The van der Waals surface area contributed by atoms with Crippen LogP contribution in [0.2, 0.25) is 0 Å². The minimum absolute atomic E-state index is 0.577. The Morgan fingerprint density at radius 2 is 2.36 bits per heavy atom. The van der Waals surface area contributed by atoms with Crippen molar-refractivity contribution in [2.45, 2.75) is 33.7 Å². The Labute approximate surface area is 85.3 Å². The smallest absolute Gasteiger partial charge is 0.0925 e. The fourth-order valence-corrected chi connectivity index (χ4v) is 1.85. The van der Waals surface area contributed by atoms with Crippen molar-refractivity contribution in [3.05, 3.63) is 17.7 Å². The molecular formula is C11H19N3. The first-order chi connectivity index (χ1) is 6.59. The van der Waals surface area contributed by atoms with Crippen molar-refractivity contribution in [1.82, 2.24) is 15.3 Å². The molecule has 1 aliphatic carbocycles. The molecule has 1 unspecified atom stereocenters. The van der Waals surface area contributed by atoms with Gasteiger partial charge in [-0.25, -0.2) is 4.98 Å². The number of aromatic nitrogens is 2. The molecule has 78 valence electrons. The quantitative estimate of drug-likeness (QED) is 0.766. The van der Waals surface area contributed by atoms with Crippen LogP contribution in [-0.2, 0) is 6.54 Å². The van der Waals surface area contributed by atoms with Gasteiger partial charge in [-0.3, -0.25) is 0 Å². The van der Waals surface area contributed by atoms with E-state index < -0.39 is 0 Å². The van der Waals surface area contributed by atoms with Crippen LogP contribution in [-0.4, -0.2) is 16.5 Å². The van der Waals surface area contributed by atoms with Crippen LogP contribution in [0.15, 0.2) is 6.33 Å². The second kappa shape index (κ2) is 3.39. The van der Waals surface area contributed by atoms with Gasteiger partial charge in [0.05, 0.1) is 12.0 Å². The molecule has 1 heterocycles. The van der Waals surface area contributed by atoms with Crippen molar-refractivity contribution in [3.8, 4) is 0 Å². The molecule has 0 aromatic carbocycles. The molecule has 3 heteroatoms. The Kier molecular flexibility index (Phi) is 2.35. The van der Waals surface area contributed by atoms with Crippen LogP contribution in [0.3, 0.4) is 0 Å². The summed E-state index contributed by atoms with van der Waals surface area (Å²) in [5, 5.41) is 3.46. The summed E-state index contributed by atoms with van der Waals surface area (Å²) in [6.45, 7) is 8.74. The first kappa shape index (κ1) is 9.71. The average Bonchev–Trinajstić information content (AvgIpc) is 2.53. The number of hydrogen-bond acceptors (Lipinski definition) is 2. The molecule has 0 saturated heterocycles. The predicted molar refractivity (Wildman–Crippen MR) is 56.9 cm³/mol. The van der Waals surface area contributed by atoms with E-state index in [0.29, 0.717) is 5.41 Å². The normalized spacial score (nSPS) is 23.8. The second-order valence-electron chi connectivity index (χ2n) is 4.99. The summed E-state index contributed by atoms with van der Waals surface area (Å²) in [6, 6.07) is 0. The van der Waals surface area contributed by atoms with Crippen molar-refractivity contribution in [3.63, 3.8) is 0 Å². The average molecular weight is 193 g/mol. The van der Waals surface area contributed by atoms with Gasteiger partial charge in [-0.1, -0.05) is 13.8 Å². The van der Waals surface area contributed by atoms with Gasteiger partial charge in [0.15, 0.2) is 0 Å². The lowest BCUT2D eigenvalue weighted by molar-refractivity contribution is 0.517. The summed E-state index contributed by atoms with van der Waals surface area (Å²) in [5.41, 5.74) is 2.89. The van der Waals surface area contributed by atoms with Crippen molar-refractivity contribution < 1.29 is 0 Å². The van der Waals surface area contributed by atoms with E-state index in [0.717, 1.165) is 24.7 Å². The third-order valence-corrected chi connectivity index (χ3v) is 3.34. The zero-order valence-corrected chi connectivity index (χ0v) is 9.22. The monoisotopic (exact) mass is 193 g/mol. The lowest BCUT2D eigenvalue weighted by atomic mass is 10.1. The van der Waals surface area contributed by atoms with Gasteiger partial charge in [0.1, 0.15) is 0 Å². The van der Waals surface area contributed by atoms with Gasteiger partial charge in [-0.2, -0.15) is 0 Å². The number of aryl methyl sites for hydroxylation is 1. The molecule has 1 aromatic heterocycles. The lowest BCUT2D eigenvalue weighted by Crippen LogP contribution is -2.18. The third-order valence-electron chi connectivity index (χ3n) is 3.34. The summed E-state index contributed by atoms with van der Waals surface area (Å²) >= 11 is 0. The molecule has 1 atom stereocenters. The first-order valence-corrected chi connectivity index (χ1v) is 5.29. The predicted octanol–water partition coefficient (Wildman–Crippen LogP) is 1.85. The van der Waals surface area contributed by atoms with Crippen molar-refractivity contribution in [2.75, 3.05) is 6.54 Å². The standard InChI is InChI=1S/C11H19N3/c1-8-10(14-7-13-8)6-12-5-9-4-11(9,2)3/h7,9,12H,4-6H2,1-3H3,(H,13,14). The number of nitrogens with zero attached hydrogens (tertiary/aromatic N) is 1. The maximum Gasteiger partial charge on any atom is 0.0925 e. The van der Waals surface area contributed by atoms with Crippen molar-refractivity contribution in [1.29, 1.82) is 0 Å². The molecule has 3 nitrogen and oxygen atoms in total. The zero-order chi connectivity index (χ0) is 10.2. The fraction of sp³-hybridized carbons (Fsp3) is 0.727. The number of imidazole rings is 1. The Balaban J connectivity index is 1.72. The largest absolute Gasteiger partial charge is 0.348 e. The van der Waals surface area contributed by atoms with E-state index in [1.807, 2.05) is 0 Å². The summed E-state index contributed by atoms with van der Waals surface area (Å²) in [4.78, 5) is 7.34. The van der Waals surface area contributed by atoms with Crippen LogP contribution in [0, 0.1) is 18.3 Å². The summed E-state index contributed by atoms with van der Waals surface area (Å²) in [6.07, 6.45) is 3.12. The minimum Gasteiger partial charge on any atom is -0.348 e. The van der Waals surface area contributed by atoms with Gasteiger partial charge in [-0.05, 0) is 31.2 Å². The molecule has 1 aliphatic rings. The molecule has 0 bridgehead atoms. The van der Waals surface area contributed by atoms with Crippen LogP contribution in [0.5, 0.6) is 0 Å². The Hall–Kier alpha value is -0.830. The van der Waals surface area contributed by atoms with Crippen LogP contribution in [0.25, 0.3) is 0 Å². The first-order valence-electron chi connectivity index (χ1n) is 5.29. The van der Waals surface area contributed by atoms with Crippen LogP contribution in [0.4, 0.5) is 0 Å². The Morgan fingerprint density at radius 3 is 2.86 bits per heavy atom. The van der Waals surface area contributed by atoms with E-state index in [2.05, 4.69) is 36.1 Å². The van der Waals surface area contributed by atoms with E-state index in [1.54, 1.807) is 6.33 Å². The molecule has 1 saturated carbocycles. The van der Waals surface area contributed by atoms with E-state index in [9.17, 15) is 0 Å². The maximum absolute atomic E-state index is 4.25. The molecule has 0 amide bonds. The minimum atomic E-state index is 0.577. The Morgan fingerprint density at radius 1 is 1.64 bits per heavy atom. The lowest BCUT2D eigenvalue weighted by Gasteiger charge is -2.04. The molecule has 2 N–H and O–H groups in total. The number of nitrogens with one attached hydrogen (secondary N) is 2. The number of hydrogen-bond donors (Lipinski definition) is 2. The highest BCUT2D eigenvalue weighted by Gasteiger charge is 2.44. The number of aromatic amines is 1. The van der Waals surface area contributed by atoms with Gasteiger partial charge in [0, 0.05) is 12.2 Å². The fourth-order valence-electron chi connectivity index (χ4n) is 1.85. The molecule has 0 spiro atoms. The van der Waals surface area contributed by atoms with Gasteiger partial charge in [0.25, 0.3) is 0 Å². The maximum atomic E-state index is 4.25. The molecule has 1 fully saturated rings. The van der Waals surface area contributed by atoms with Gasteiger partial charge < -0.3 is 10.3 Å². The van der Waals surface area contributed by atoms with E-state index in [1.165, 1.54) is 12.1 Å². The van der Waals surface area contributed by atoms with E-state index >= 15 is 0 Å². The second-order valence-corrected chi connectivity index (χ2v) is 4.99. The summed E-state index contributed by atoms with van der Waals surface area (Å²) in [5.74, 6) is 0.863. The Bertz CT molecular complexity index is 314. The van der Waals surface area contributed by atoms with Gasteiger partial charge in [-0.15, -0.1) is 0 Å². The number of rotatable bonds is 4. The highest BCUT2D eigenvalue weighted by Crippen LogP contribution is 2.50. The molecule has 0 radical (unpaired) electrons. The molecule has 0 aliphatic heterocycles. The van der Waals surface area contributed by atoms with E-state index in [4.69, 9.17) is 0 Å². The van der Waals surface area contributed by atoms with Gasteiger partial charge in [0.2, 0.25) is 0 Å². The SMILES string of the molecule is Cc1[nH]cnc1CNCC1CC1(C)C. The molecule has 1 aromatic rings. The molecule has 14 heavy (non-hydrogen) atoms.